The summed E-state index contributed by atoms with van der Waals surface area (Å²) in [7, 11) is 0. The summed E-state index contributed by atoms with van der Waals surface area (Å²) >= 11 is 1.31. The summed E-state index contributed by atoms with van der Waals surface area (Å²) in [6.07, 6.45) is 5.00. The SMILES string of the molecule is Cc1cc(Sc2nnc(-c3ccco3)n2N)nc(-c2cccnc2)n1. The molecular weight excluding hydrogens is 338 g/mol. The minimum atomic E-state index is 0.450. The zero-order valence-corrected chi connectivity index (χ0v) is 14.0. The van der Waals surface area contributed by atoms with Gasteiger partial charge in [0.2, 0.25) is 11.0 Å². The van der Waals surface area contributed by atoms with Crippen LogP contribution < -0.4 is 5.84 Å². The highest BCUT2D eigenvalue weighted by atomic mass is 32.2. The lowest BCUT2D eigenvalue weighted by atomic mass is 10.2. The van der Waals surface area contributed by atoms with Gasteiger partial charge < -0.3 is 10.3 Å². The molecule has 0 unspecified atom stereocenters. The Morgan fingerprint density at radius 1 is 1.16 bits per heavy atom. The molecule has 0 saturated heterocycles. The lowest BCUT2D eigenvalue weighted by Crippen LogP contribution is -2.11. The third-order valence-corrected chi connectivity index (χ3v) is 4.23. The Kier molecular flexibility index (Phi) is 3.90. The Bertz CT molecular complexity index is 999. The van der Waals surface area contributed by atoms with Crippen LogP contribution in [0.5, 0.6) is 0 Å². The highest BCUT2D eigenvalue weighted by Gasteiger charge is 2.16. The number of aromatic nitrogens is 6. The van der Waals surface area contributed by atoms with Crippen LogP contribution in [-0.4, -0.2) is 29.8 Å². The Morgan fingerprint density at radius 3 is 2.84 bits per heavy atom. The number of nitrogens with two attached hydrogens (primary N) is 1. The Balaban J connectivity index is 1.67. The molecule has 0 spiro atoms. The maximum Gasteiger partial charge on any atom is 0.218 e. The number of pyridine rings is 1. The average molecular weight is 351 g/mol. The number of nitrogens with zero attached hydrogens (tertiary/aromatic N) is 6. The Labute approximate surface area is 147 Å². The quantitative estimate of drug-likeness (QED) is 0.441. The van der Waals surface area contributed by atoms with Crippen LogP contribution in [0.1, 0.15) is 5.69 Å². The van der Waals surface area contributed by atoms with Crippen LogP contribution in [0, 0.1) is 6.92 Å². The lowest BCUT2D eigenvalue weighted by molar-refractivity contribution is 0.574. The van der Waals surface area contributed by atoms with Crippen molar-refractivity contribution in [1.29, 1.82) is 0 Å². The second-order valence-electron chi connectivity index (χ2n) is 5.17. The largest absolute Gasteiger partial charge is 0.461 e. The molecule has 0 atom stereocenters. The summed E-state index contributed by atoms with van der Waals surface area (Å²) in [5.74, 6) is 7.69. The van der Waals surface area contributed by atoms with E-state index in [1.165, 1.54) is 16.4 Å². The summed E-state index contributed by atoms with van der Waals surface area (Å²) in [4.78, 5) is 13.1. The molecule has 0 aliphatic heterocycles. The summed E-state index contributed by atoms with van der Waals surface area (Å²) in [5, 5.41) is 9.42. The molecule has 4 aromatic heterocycles. The Hall–Kier alpha value is -3.20. The van der Waals surface area contributed by atoms with Crippen LogP contribution in [0.15, 0.2) is 63.6 Å². The van der Waals surface area contributed by atoms with Crippen molar-refractivity contribution in [3.8, 4) is 23.0 Å². The number of hydrogen-bond donors (Lipinski definition) is 1. The average Bonchev–Trinajstić information content (AvgIpc) is 3.26. The van der Waals surface area contributed by atoms with Gasteiger partial charge in [0.05, 0.1) is 6.26 Å². The van der Waals surface area contributed by atoms with E-state index in [-0.39, 0.29) is 0 Å². The molecule has 4 rings (SSSR count). The van der Waals surface area contributed by atoms with Gasteiger partial charge in [-0.1, -0.05) is 0 Å². The van der Waals surface area contributed by atoms with Gasteiger partial charge in [-0.15, -0.1) is 10.2 Å². The smallest absolute Gasteiger partial charge is 0.218 e. The summed E-state index contributed by atoms with van der Waals surface area (Å²) in [6, 6.07) is 9.17. The molecule has 0 aliphatic rings. The predicted octanol–water partition coefficient (Wildman–Crippen LogP) is 2.56. The first-order valence-electron chi connectivity index (χ1n) is 7.39. The zero-order chi connectivity index (χ0) is 17.2. The Morgan fingerprint density at radius 2 is 2.08 bits per heavy atom. The normalized spacial score (nSPS) is 10.9. The second-order valence-corrected chi connectivity index (χ2v) is 6.16. The van der Waals surface area contributed by atoms with Crippen molar-refractivity contribution in [3.63, 3.8) is 0 Å². The van der Waals surface area contributed by atoms with E-state index in [4.69, 9.17) is 10.3 Å². The van der Waals surface area contributed by atoms with Gasteiger partial charge in [0.15, 0.2) is 11.6 Å². The number of nitrogen functional groups attached to an aromatic ring is 1. The minimum Gasteiger partial charge on any atom is -0.461 e. The second kappa shape index (κ2) is 6.36. The van der Waals surface area contributed by atoms with Gasteiger partial charge in [0.1, 0.15) is 5.03 Å². The van der Waals surface area contributed by atoms with Crippen LogP contribution in [0.4, 0.5) is 0 Å². The standard InChI is InChI=1S/C16H13N7OS/c1-10-8-13(20-14(19-10)11-4-2-6-18-9-11)25-16-22-21-15(23(16)17)12-5-3-7-24-12/h2-9H,17H2,1H3. The highest BCUT2D eigenvalue weighted by Crippen LogP contribution is 2.28. The van der Waals surface area contributed by atoms with Crippen molar-refractivity contribution in [2.75, 3.05) is 5.84 Å². The molecule has 4 aromatic rings. The van der Waals surface area contributed by atoms with Gasteiger partial charge in [-0.25, -0.2) is 14.6 Å². The van der Waals surface area contributed by atoms with E-state index in [0.29, 0.717) is 22.6 Å². The summed E-state index contributed by atoms with van der Waals surface area (Å²) in [6.45, 7) is 1.91. The van der Waals surface area contributed by atoms with E-state index in [2.05, 4.69) is 25.1 Å². The highest BCUT2D eigenvalue weighted by molar-refractivity contribution is 7.99. The molecule has 0 bridgehead atoms. The van der Waals surface area contributed by atoms with Gasteiger partial charge in [-0.05, 0) is 49.0 Å². The third kappa shape index (κ3) is 3.09. The van der Waals surface area contributed by atoms with Crippen LogP contribution in [0.3, 0.4) is 0 Å². The first-order valence-corrected chi connectivity index (χ1v) is 8.20. The van der Waals surface area contributed by atoms with E-state index in [9.17, 15) is 0 Å². The molecule has 0 radical (unpaired) electrons. The van der Waals surface area contributed by atoms with Crippen LogP contribution in [-0.2, 0) is 0 Å². The maximum absolute atomic E-state index is 6.09. The van der Waals surface area contributed by atoms with Crippen LogP contribution >= 0.6 is 11.8 Å². The summed E-state index contributed by atoms with van der Waals surface area (Å²) in [5.41, 5.74) is 1.68. The van der Waals surface area contributed by atoms with Crippen LogP contribution in [0.25, 0.3) is 23.0 Å². The van der Waals surface area contributed by atoms with E-state index >= 15 is 0 Å². The van der Waals surface area contributed by atoms with E-state index < -0.39 is 0 Å². The minimum absolute atomic E-state index is 0.450. The molecule has 25 heavy (non-hydrogen) atoms. The fraction of sp³-hybridized carbons (Fsp3) is 0.0625. The van der Waals surface area contributed by atoms with Gasteiger partial charge in [-0.3, -0.25) is 4.98 Å². The van der Waals surface area contributed by atoms with Crippen molar-refractivity contribution in [2.45, 2.75) is 17.1 Å². The van der Waals surface area contributed by atoms with E-state index in [0.717, 1.165) is 16.3 Å². The molecule has 0 aliphatic carbocycles. The molecule has 8 nitrogen and oxygen atoms in total. The van der Waals surface area contributed by atoms with Crippen molar-refractivity contribution in [1.82, 2.24) is 29.8 Å². The topological polar surface area (TPSA) is 109 Å². The zero-order valence-electron chi connectivity index (χ0n) is 13.2. The monoisotopic (exact) mass is 351 g/mol. The van der Waals surface area contributed by atoms with Crippen molar-refractivity contribution >= 4 is 11.8 Å². The first-order chi connectivity index (χ1) is 12.2. The van der Waals surface area contributed by atoms with Gasteiger partial charge in [-0.2, -0.15) is 0 Å². The van der Waals surface area contributed by atoms with Gasteiger partial charge >= 0.3 is 0 Å². The number of hydrogen-bond acceptors (Lipinski definition) is 8. The molecule has 4 heterocycles. The van der Waals surface area contributed by atoms with Gasteiger partial charge in [0, 0.05) is 23.7 Å². The first kappa shape index (κ1) is 15.3. The fourth-order valence-electron chi connectivity index (χ4n) is 2.23. The third-order valence-electron chi connectivity index (χ3n) is 3.35. The fourth-order valence-corrected chi connectivity index (χ4v) is 3.05. The van der Waals surface area contributed by atoms with Crippen LogP contribution in [0.2, 0.25) is 0 Å². The number of aryl methyl sites for hydroxylation is 1. The molecule has 2 N–H and O–H groups in total. The molecule has 0 aromatic carbocycles. The molecule has 9 heteroatoms. The number of rotatable bonds is 4. The predicted molar refractivity (Wildman–Crippen MR) is 92.0 cm³/mol. The van der Waals surface area contributed by atoms with E-state index in [1.807, 2.05) is 25.1 Å². The molecule has 0 amide bonds. The maximum atomic E-state index is 6.09. The van der Waals surface area contributed by atoms with Gasteiger partial charge in [0.25, 0.3) is 0 Å². The molecule has 124 valence electrons. The lowest BCUT2D eigenvalue weighted by Gasteiger charge is -2.05. The molecular formula is C16H13N7OS. The van der Waals surface area contributed by atoms with Crippen molar-refractivity contribution < 1.29 is 4.42 Å². The number of furan rings is 1. The van der Waals surface area contributed by atoms with E-state index in [1.54, 1.807) is 30.8 Å². The van der Waals surface area contributed by atoms with Crippen molar-refractivity contribution in [3.05, 3.63) is 54.7 Å². The summed E-state index contributed by atoms with van der Waals surface area (Å²) < 4.78 is 6.69. The molecule has 0 saturated carbocycles. The molecule has 0 fully saturated rings. The van der Waals surface area contributed by atoms with Crippen molar-refractivity contribution in [2.24, 2.45) is 0 Å².